The van der Waals surface area contributed by atoms with E-state index in [0.29, 0.717) is 23.0 Å². The Morgan fingerprint density at radius 2 is 2.00 bits per heavy atom. The standard InChI is InChI=1S/C12H12ClFN4/c1-6-11(15)16-7(2)17-12(6)18-10-8(13)4-3-5-9(10)14/h3-5H,1-2H3,(H3,15,16,17,18). The molecule has 3 N–H and O–H groups in total. The zero-order valence-corrected chi connectivity index (χ0v) is 10.7. The van der Waals surface area contributed by atoms with Crippen molar-refractivity contribution < 1.29 is 4.39 Å². The molecule has 0 saturated carbocycles. The number of nitrogens with two attached hydrogens (primary N) is 1. The van der Waals surface area contributed by atoms with Crippen molar-refractivity contribution in [1.82, 2.24) is 9.97 Å². The molecule has 0 aliphatic heterocycles. The van der Waals surface area contributed by atoms with E-state index < -0.39 is 5.82 Å². The average Bonchev–Trinajstić information content (AvgIpc) is 2.30. The molecule has 0 fully saturated rings. The first-order valence-electron chi connectivity index (χ1n) is 5.31. The lowest BCUT2D eigenvalue weighted by molar-refractivity contribution is 0.632. The zero-order chi connectivity index (χ0) is 13.3. The fourth-order valence-corrected chi connectivity index (χ4v) is 1.72. The highest BCUT2D eigenvalue weighted by molar-refractivity contribution is 6.33. The lowest BCUT2D eigenvalue weighted by Crippen LogP contribution is -2.06. The molecule has 2 rings (SSSR count). The van der Waals surface area contributed by atoms with Crippen LogP contribution in [-0.2, 0) is 0 Å². The van der Waals surface area contributed by atoms with Gasteiger partial charge >= 0.3 is 0 Å². The van der Waals surface area contributed by atoms with Crippen LogP contribution in [0.1, 0.15) is 11.4 Å². The lowest BCUT2D eigenvalue weighted by Gasteiger charge is -2.12. The summed E-state index contributed by atoms with van der Waals surface area (Å²) in [5, 5.41) is 3.13. The number of para-hydroxylation sites is 1. The van der Waals surface area contributed by atoms with Crippen molar-refractivity contribution in [2.45, 2.75) is 13.8 Å². The minimum Gasteiger partial charge on any atom is -0.383 e. The summed E-state index contributed by atoms with van der Waals surface area (Å²) in [6, 6.07) is 4.45. The maximum atomic E-state index is 13.6. The van der Waals surface area contributed by atoms with Crippen molar-refractivity contribution in [3.63, 3.8) is 0 Å². The van der Waals surface area contributed by atoms with Crippen LogP contribution < -0.4 is 11.1 Å². The number of nitrogen functional groups attached to an aromatic ring is 1. The van der Waals surface area contributed by atoms with Crippen LogP contribution in [0.15, 0.2) is 18.2 Å². The quantitative estimate of drug-likeness (QED) is 0.876. The van der Waals surface area contributed by atoms with Crippen LogP contribution in [0.25, 0.3) is 0 Å². The molecule has 1 aromatic heterocycles. The molecule has 4 nitrogen and oxygen atoms in total. The lowest BCUT2D eigenvalue weighted by atomic mass is 10.2. The van der Waals surface area contributed by atoms with Gasteiger partial charge in [-0.2, -0.15) is 0 Å². The Morgan fingerprint density at radius 3 is 2.67 bits per heavy atom. The predicted octanol–water partition coefficient (Wildman–Crippen LogP) is 3.21. The van der Waals surface area contributed by atoms with E-state index in [1.54, 1.807) is 19.9 Å². The van der Waals surface area contributed by atoms with Gasteiger partial charge in [-0.05, 0) is 26.0 Å². The fraction of sp³-hybridized carbons (Fsp3) is 0.167. The second kappa shape index (κ2) is 4.78. The van der Waals surface area contributed by atoms with E-state index in [2.05, 4.69) is 15.3 Å². The van der Waals surface area contributed by atoms with Crippen molar-refractivity contribution in [3.8, 4) is 0 Å². The van der Waals surface area contributed by atoms with Gasteiger partial charge in [-0.3, -0.25) is 0 Å². The summed E-state index contributed by atoms with van der Waals surface area (Å²) < 4.78 is 13.6. The van der Waals surface area contributed by atoms with Crippen molar-refractivity contribution in [1.29, 1.82) is 0 Å². The molecule has 1 aromatic carbocycles. The molecule has 18 heavy (non-hydrogen) atoms. The first-order valence-corrected chi connectivity index (χ1v) is 5.68. The Kier molecular flexibility index (Phi) is 3.34. The maximum absolute atomic E-state index is 13.6. The highest BCUT2D eigenvalue weighted by atomic mass is 35.5. The number of benzene rings is 1. The number of anilines is 3. The van der Waals surface area contributed by atoms with Crippen LogP contribution in [0.5, 0.6) is 0 Å². The van der Waals surface area contributed by atoms with Gasteiger partial charge in [0.2, 0.25) is 0 Å². The average molecular weight is 267 g/mol. The van der Waals surface area contributed by atoms with Crippen LogP contribution in [-0.4, -0.2) is 9.97 Å². The Balaban J connectivity index is 2.46. The van der Waals surface area contributed by atoms with E-state index in [1.165, 1.54) is 12.1 Å². The summed E-state index contributed by atoms with van der Waals surface area (Å²) in [6.07, 6.45) is 0. The Labute approximate surface area is 109 Å². The highest BCUT2D eigenvalue weighted by Crippen LogP contribution is 2.29. The predicted molar refractivity (Wildman–Crippen MR) is 70.6 cm³/mol. The van der Waals surface area contributed by atoms with Gasteiger partial charge in [0.15, 0.2) is 0 Å². The number of aromatic nitrogens is 2. The van der Waals surface area contributed by atoms with Crippen LogP contribution >= 0.6 is 11.6 Å². The molecule has 2 aromatic rings. The number of hydrogen-bond donors (Lipinski definition) is 2. The molecule has 1 heterocycles. The third-order valence-electron chi connectivity index (χ3n) is 2.50. The van der Waals surface area contributed by atoms with E-state index in [0.717, 1.165) is 0 Å². The molecule has 0 unspecified atom stereocenters. The van der Waals surface area contributed by atoms with Gasteiger partial charge in [0.05, 0.1) is 10.7 Å². The van der Waals surface area contributed by atoms with Gasteiger partial charge in [-0.15, -0.1) is 0 Å². The third kappa shape index (κ3) is 2.36. The van der Waals surface area contributed by atoms with E-state index >= 15 is 0 Å². The maximum Gasteiger partial charge on any atom is 0.148 e. The van der Waals surface area contributed by atoms with Crippen molar-refractivity contribution in [2.75, 3.05) is 11.1 Å². The molecular formula is C12H12ClFN4. The summed E-state index contributed by atoms with van der Waals surface area (Å²) in [6.45, 7) is 3.47. The fourth-order valence-electron chi connectivity index (χ4n) is 1.51. The molecule has 0 spiro atoms. The number of halogens is 2. The molecule has 6 heteroatoms. The SMILES string of the molecule is Cc1nc(N)c(C)c(Nc2c(F)cccc2Cl)n1. The minimum absolute atomic E-state index is 0.180. The second-order valence-corrected chi connectivity index (χ2v) is 4.26. The van der Waals surface area contributed by atoms with Gasteiger partial charge < -0.3 is 11.1 Å². The first kappa shape index (κ1) is 12.6. The Morgan fingerprint density at radius 1 is 1.28 bits per heavy atom. The Bertz CT molecular complexity index is 581. The minimum atomic E-state index is -0.447. The second-order valence-electron chi connectivity index (χ2n) is 3.85. The monoisotopic (exact) mass is 266 g/mol. The largest absolute Gasteiger partial charge is 0.383 e. The van der Waals surface area contributed by atoms with E-state index in [-0.39, 0.29) is 10.7 Å². The number of nitrogens with zero attached hydrogens (tertiary/aromatic N) is 2. The summed E-state index contributed by atoms with van der Waals surface area (Å²) in [5.74, 6) is 0.870. The highest BCUT2D eigenvalue weighted by Gasteiger charge is 2.11. The number of aryl methyl sites for hydroxylation is 1. The van der Waals surface area contributed by atoms with Crippen LogP contribution in [0.3, 0.4) is 0 Å². The Hall–Kier alpha value is -1.88. The molecule has 0 atom stereocenters. The molecule has 0 aliphatic carbocycles. The summed E-state index contributed by atoms with van der Waals surface area (Å²) in [4.78, 5) is 8.20. The molecule has 0 aliphatic rings. The van der Waals surface area contributed by atoms with Crippen molar-refractivity contribution in [2.24, 2.45) is 0 Å². The first-order chi connectivity index (χ1) is 8.49. The molecule has 94 valence electrons. The number of rotatable bonds is 2. The van der Waals surface area contributed by atoms with Crippen LogP contribution in [0, 0.1) is 19.7 Å². The van der Waals surface area contributed by atoms with Gasteiger partial charge in [0.1, 0.15) is 23.3 Å². The zero-order valence-electron chi connectivity index (χ0n) is 9.96. The van der Waals surface area contributed by atoms with Crippen LogP contribution in [0.4, 0.5) is 21.7 Å². The number of nitrogens with one attached hydrogen (secondary N) is 1. The van der Waals surface area contributed by atoms with E-state index in [9.17, 15) is 4.39 Å². The molecule has 0 amide bonds. The smallest absolute Gasteiger partial charge is 0.148 e. The van der Waals surface area contributed by atoms with Gasteiger partial charge in [-0.1, -0.05) is 17.7 Å². The molecule has 0 radical (unpaired) electrons. The van der Waals surface area contributed by atoms with Crippen molar-refractivity contribution >= 4 is 28.9 Å². The van der Waals surface area contributed by atoms with Crippen molar-refractivity contribution in [3.05, 3.63) is 40.4 Å². The van der Waals surface area contributed by atoms with Gasteiger partial charge in [0.25, 0.3) is 0 Å². The normalized spacial score (nSPS) is 10.4. The van der Waals surface area contributed by atoms with Gasteiger partial charge in [0, 0.05) is 5.56 Å². The third-order valence-corrected chi connectivity index (χ3v) is 2.82. The summed E-state index contributed by atoms with van der Waals surface area (Å²) >= 11 is 5.93. The van der Waals surface area contributed by atoms with E-state index in [4.69, 9.17) is 17.3 Å². The number of hydrogen-bond acceptors (Lipinski definition) is 4. The molecular weight excluding hydrogens is 255 g/mol. The molecule has 0 saturated heterocycles. The van der Waals surface area contributed by atoms with Gasteiger partial charge in [-0.25, -0.2) is 14.4 Å². The summed E-state index contributed by atoms with van der Waals surface area (Å²) in [7, 11) is 0. The molecule has 0 bridgehead atoms. The van der Waals surface area contributed by atoms with Crippen LogP contribution in [0.2, 0.25) is 5.02 Å². The summed E-state index contributed by atoms with van der Waals surface area (Å²) in [5.41, 5.74) is 6.57. The topological polar surface area (TPSA) is 63.8 Å². The van der Waals surface area contributed by atoms with E-state index in [1.807, 2.05) is 0 Å².